The summed E-state index contributed by atoms with van der Waals surface area (Å²) in [5, 5.41) is 0. The Labute approximate surface area is 253 Å². The summed E-state index contributed by atoms with van der Waals surface area (Å²) < 4.78 is 47.8. The van der Waals surface area contributed by atoms with E-state index in [1.54, 1.807) is 26.0 Å². The number of fused-ring (bicyclic) bond motifs is 4. The first-order valence-electron chi connectivity index (χ1n) is 14.5. The van der Waals surface area contributed by atoms with Gasteiger partial charge in [0.1, 0.15) is 12.2 Å². The fourth-order valence-electron chi connectivity index (χ4n) is 5.56. The highest BCUT2D eigenvalue weighted by atomic mass is 16.7. The maximum atomic E-state index is 13.4. The van der Waals surface area contributed by atoms with E-state index in [4.69, 9.17) is 37.9 Å². The molecule has 10 heteroatoms. The zero-order chi connectivity index (χ0) is 31.6. The molecule has 10 nitrogen and oxygen atoms in total. The Morgan fingerprint density at radius 2 is 1.47 bits per heavy atom. The molecule has 1 aliphatic heterocycles. The van der Waals surface area contributed by atoms with Crippen LogP contribution in [-0.2, 0) is 19.1 Å². The second-order valence-electron chi connectivity index (χ2n) is 10.9. The number of ether oxygens (including phenoxy) is 8. The van der Waals surface area contributed by atoms with E-state index < -0.39 is 18.2 Å². The third-order valence-corrected chi connectivity index (χ3v) is 8.61. The van der Waals surface area contributed by atoms with Crippen LogP contribution in [0.25, 0.3) is 11.1 Å². The van der Waals surface area contributed by atoms with Crippen LogP contribution in [0, 0.1) is 17.8 Å². The first kappa shape index (κ1) is 31.8. The molecule has 5 unspecified atom stereocenters. The molecule has 1 heterocycles. The maximum Gasteiger partial charge on any atom is 0.333 e. The summed E-state index contributed by atoms with van der Waals surface area (Å²) >= 11 is 0. The molecule has 4 rings (SSSR count). The van der Waals surface area contributed by atoms with Gasteiger partial charge in [0.05, 0.1) is 34.4 Å². The molecule has 2 aliphatic rings. The molecule has 0 spiro atoms. The monoisotopic (exact) mass is 598 g/mol. The number of esters is 2. The van der Waals surface area contributed by atoms with Crippen molar-refractivity contribution in [3.05, 3.63) is 34.9 Å². The zero-order valence-electron chi connectivity index (χ0n) is 26.6. The van der Waals surface area contributed by atoms with Crippen LogP contribution in [0.15, 0.2) is 23.8 Å². The molecule has 5 atom stereocenters. The summed E-state index contributed by atoms with van der Waals surface area (Å²) in [6, 6.07) is 3.62. The molecule has 0 aromatic heterocycles. The van der Waals surface area contributed by atoms with Gasteiger partial charge in [0.2, 0.25) is 18.3 Å². The van der Waals surface area contributed by atoms with Crippen LogP contribution in [0.3, 0.4) is 0 Å². The Balaban J connectivity index is 2.18. The highest BCUT2D eigenvalue weighted by molar-refractivity contribution is 5.91. The van der Waals surface area contributed by atoms with E-state index in [9.17, 15) is 9.59 Å². The third-order valence-electron chi connectivity index (χ3n) is 8.61. The molecule has 0 saturated heterocycles. The lowest BCUT2D eigenvalue weighted by Gasteiger charge is -2.39. The lowest BCUT2D eigenvalue weighted by atomic mass is 9.74. The van der Waals surface area contributed by atoms with Crippen molar-refractivity contribution in [3.8, 4) is 45.6 Å². The van der Waals surface area contributed by atoms with E-state index in [1.165, 1.54) is 28.4 Å². The second kappa shape index (κ2) is 13.1. The number of benzene rings is 2. The van der Waals surface area contributed by atoms with Crippen molar-refractivity contribution in [1.82, 2.24) is 0 Å². The molecule has 0 bridgehead atoms. The molecule has 0 amide bonds. The molecular weight excluding hydrogens is 556 g/mol. The van der Waals surface area contributed by atoms with Crippen LogP contribution in [0.1, 0.15) is 71.3 Å². The second-order valence-corrected chi connectivity index (χ2v) is 10.9. The zero-order valence-corrected chi connectivity index (χ0v) is 26.6. The average Bonchev–Trinajstić information content (AvgIpc) is 3.50. The Kier molecular flexibility index (Phi) is 9.67. The quantitative estimate of drug-likeness (QED) is 0.232. The minimum Gasteiger partial charge on any atom is -0.493 e. The SMILES string of the molecule is CC=C(C)C(=O)OC1c2cc(OC)c(OC)c(OC)c2-c2c(cc3c(c2OC)OCO3)C(OC(=O)C(C)CC)C(C)C1C. The predicted octanol–water partition coefficient (Wildman–Crippen LogP) is 6.58. The fourth-order valence-corrected chi connectivity index (χ4v) is 5.56. The van der Waals surface area contributed by atoms with E-state index in [0.29, 0.717) is 68.7 Å². The molecule has 0 saturated carbocycles. The summed E-state index contributed by atoms with van der Waals surface area (Å²) in [5.41, 5.74) is 2.78. The van der Waals surface area contributed by atoms with Gasteiger partial charge in [0.15, 0.2) is 23.0 Å². The Bertz CT molecular complexity index is 1410. The molecule has 0 radical (unpaired) electrons. The number of methoxy groups -OCH3 is 4. The van der Waals surface area contributed by atoms with Gasteiger partial charge in [0.25, 0.3) is 0 Å². The first-order valence-corrected chi connectivity index (χ1v) is 14.5. The van der Waals surface area contributed by atoms with Crippen molar-refractivity contribution < 1.29 is 47.5 Å². The largest absolute Gasteiger partial charge is 0.493 e. The third kappa shape index (κ3) is 5.55. The van der Waals surface area contributed by atoms with Gasteiger partial charge in [0, 0.05) is 39.7 Å². The lowest BCUT2D eigenvalue weighted by molar-refractivity contribution is -0.162. The number of carbonyl (C=O) groups excluding carboxylic acids is 2. The maximum absolute atomic E-state index is 13.4. The van der Waals surface area contributed by atoms with Crippen molar-refractivity contribution in [2.24, 2.45) is 17.8 Å². The van der Waals surface area contributed by atoms with Gasteiger partial charge in [-0.25, -0.2) is 4.79 Å². The first-order chi connectivity index (χ1) is 20.6. The Hall–Kier alpha value is -4.08. The Morgan fingerprint density at radius 3 is 2.02 bits per heavy atom. The van der Waals surface area contributed by atoms with Crippen LogP contribution in [0.2, 0.25) is 0 Å². The smallest absolute Gasteiger partial charge is 0.333 e. The van der Waals surface area contributed by atoms with Crippen molar-refractivity contribution in [3.63, 3.8) is 0 Å². The van der Waals surface area contributed by atoms with Gasteiger partial charge in [-0.2, -0.15) is 0 Å². The minimum absolute atomic E-state index is 0.00331. The summed E-state index contributed by atoms with van der Waals surface area (Å²) in [6.07, 6.45) is 0.730. The van der Waals surface area contributed by atoms with Crippen molar-refractivity contribution in [2.45, 2.75) is 60.2 Å². The summed E-state index contributed by atoms with van der Waals surface area (Å²) in [7, 11) is 6.09. The van der Waals surface area contributed by atoms with E-state index >= 15 is 0 Å². The van der Waals surface area contributed by atoms with Gasteiger partial charge in [-0.1, -0.05) is 33.8 Å². The summed E-state index contributed by atoms with van der Waals surface area (Å²) in [4.78, 5) is 26.7. The van der Waals surface area contributed by atoms with E-state index in [1.807, 2.05) is 33.8 Å². The normalized spacial score (nSPS) is 21.4. The van der Waals surface area contributed by atoms with Gasteiger partial charge in [-0.3, -0.25) is 4.79 Å². The molecular formula is C33H42O10. The topological polar surface area (TPSA) is 108 Å². The summed E-state index contributed by atoms with van der Waals surface area (Å²) in [6.45, 7) is 11.2. The minimum atomic E-state index is -0.811. The number of carbonyl (C=O) groups is 2. The number of hydrogen-bond donors (Lipinski definition) is 0. The predicted molar refractivity (Wildman–Crippen MR) is 159 cm³/mol. The molecule has 2 aromatic carbocycles. The standard InChI is InChI=1S/C33H42O10/c1-11-16(3)32(34)42-26-18(5)19(6)27(43-33(35)17(4)12-2)21-14-23-29(41-15-40-23)31(39-10)25(21)24-20(26)13-22(36-7)28(37-8)30(24)38-9/h11,13-14,17-19,26-27H,12,15H2,1-10H3. The van der Waals surface area contributed by atoms with Crippen LogP contribution < -0.4 is 28.4 Å². The van der Waals surface area contributed by atoms with Crippen molar-refractivity contribution >= 4 is 11.9 Å². The number of hydrogen-bond acceptors (Lipinski definition) is 10. The molecule has 2 aromatic rings. The molecule has 1 aliphatic carbocycles. The van der Waals surface area contributed by atoms with Crippen molar-refractivity contribution in [2.75, 3.05) is 35.2 Å². The highest BCUT2D eigenvalue weighted by Gasteiger charge is 2.45. The van der Waals surface area contributed by atoms with E-state index in [0.717, 1.165) is 0 Å². The lowest BCUT2D eigenvalue weighted by Crippen LogP contribution is -2.32. The van der Waals surface area contributed by atoms with Gasteiger partial charge in [-0.15, -0.1) is 0 Å². The molecule has 43 heavy (non-hydrogen) atoms. The molecule has 0 N–H and O–H groups in total. The van der Waals surface area contributed by atoms with E-state index in [-0.39, 0.29) is 30.5 Å². The van der Waals surface area contributed by atoms with Crippen LogP contribution in [0.4, 0.5) is 0 Å². The average molecular weight is 599 g/mol. The molecule has 0 fully saturated rings. The van der Waals surface area contributed by atoms with Gasteiger partial charge >= 0.3 is 11.9 Å². The van der Waals surface area contributed by atoms with Crippen molar-refractivity contribution in [1.29, 1.82) is 0 Å². The number of allylic oxidation sites excluding steroid dienone is 1. The number of rotatable bonds is 9. The Morgan fingerprint density at radius 1 is 0.884 bits per heavy atom. The van der Waals surface area contributed by atoms with Crippen LogP contribution in [-0.4, -0.2) is 47.2 Å². The fraction of sp³-hybridized carbons (Fsp3) is 0.515. The van der Waals surface area contributed by atoms with Crippen LogP contribution in [0.5, 0.6) is 34.5 Å². The van der Waals surface area contributed by atoms with Gasteiger partial charge in [-0.05, 0) is 32.4 Å². The van der Waals surface area contributed by atoms with Crippen LogP contribution >= 0.6 is 0 Å². The molecule has 234 valence electrons. The van der Waals surface area contributed by atoms with E-state index in [2.05, 4.69) is 0 Å². The highest BCUT2D eigenvalue weighted by Crippen LogP contribution is 2.60. The summed E-state index contributed by atoms with van der Waals surface area (Å²) in [5.74, 6) is 0.438. The van der Waals surface area contributed by atoms with Gasteiger partial charge < -0.3 is 37.9 Å².